The van der Waals surface area contributed by atoms with Gasteiger partial charge in [0.25, 0.3) is 0 Å². The molecule has 15 heavy (non-hydrogen) atoms. The highest BCUT2D eigenvalue weighted by Gasteiger charge is 2.24. The van der Waals surface area contributed by atoms with Crippen LogP contribution in [0, 0.1) is 0 Å². The molecule has 88 valence electrons. The Morgan fingerprint density at radius 3 is 2.20 bits per heavy atom. The maximum absolute atomic E-state index is 10.4. The molecule has 3 N–H and O–H groups in total. The molecule has 0 heterocycles. The van der Waals surface area contributed by atoms with E-state index in [1.54, 1.807) is 0 Å². The Balaban J connectivity index is 2.30. The van der Waals surface area contributed by atoms with Crippen LogP contribution in [0.3, 0.4) is 0 Å². The second kappa shape index (κ2) is 6.11. The van der Waals surface area contributed by atoms with Crippen molar-refractivity contribution in [1.29, 1.82) is 0 Å². The molecule has 1 saturated carbocycles. The first-order valence-corrected chi connectivity index (χ1v) is 6.13. The number of carboxylic acid groups (broad SMARTS) is 1. The highest BCUT2D eigenvalue weighted by Crippen LogP contribution is 2.28. The van der Waals surface area contributed by atoms with Crippen molar-refractivity contribution < 1.29 is 9.90 Å². The van der Waals surface area contributed by atoms with E-state index in [9.17, 15) is 4.79 Å². The summed E-state index contributed by atoms with van der Waals surface area (Å²) in [7, 11) is 0. The fourth-order valence-corrected chi connectivity index (χ4v) is 2.45. The van der Waals surface area contributed by atoms with Gasteiger partial charge in [-0.15, -0.1) is 0 Å². The molecule has 1 rings (SSSR count). The predicted molar refractivity (Wildman–Crippen MR) is 60.7 cm³/mol. The molecule has 0 aliphatic heterocycles. The highest BCUT2D eigenvalue weighted by atomic mass is 16.4. The summed E-state index contributed by atoms with van der Waals surface area (Å²) >= 11 is 0. The minimum absolute atomic E-state index is 0.0735. The summed E-state index contributed by atoms with van der Waals surface area (Å²) < 4.78 is 0. The molecule has 0 spiro atoms. The monoisotopic (exact) mass is 213 g/mol. The van der Waals surface area contributed by atoms with Crippen molar-refractivity contribution in [3.8, 4) is 0 Å². The van der Waals surface area contributed by atoms with Gasteiger partial charge in [0, 0.05) is 12.0 Å². The van der Waals surface area contributed by atoms with Crippen LogP contribution >= 0.6 is 0 Å². The van der Waals surface area contributed by atoms with E-state index >= 15 is 0 Å². The first kappa shape index (κ1) is 12.5. The van der Waals surface area contributed by atoms with Crippen LogP contribution in [0.15, 0.2) is 0 Å². The Hall–Kier alpha value is -0.570. The lowest BCUT2D eigenvalue weighted by molar-refractivity contribution is -0.137. The summed E-state index contributed by atoms with van der Waals surface area (Å²) in [6, 6.07) is 0. The summed E-state index contributed by atoms with van der Waals surface area (Å²) in [6.45, 7) is 0. The maximum Gasteiger partial charge on any atom is 0.303 e. The Labute approximate surface area is 92.0 Å². The number of hydrogen-bond acceptors (Lipinski definition) is 2. The summed E-state index contributed by atoms with van der Waals surface area (Å²) in [5, 5.41) is 8.59. The first-order chi connectivity index (χ1) is 7.12. The first-order valence-electron chi connectivity index (χ1n) is 6.13. The lowest BCUT2D eigenvalue weighted by atomic mass is 9.81. The van der Waals surface area contributed by atoms with Crippen molar-refractivity contribution in [1.82, 2.24) is 0 Å². The fraction of sp³-hybridized carbons (Fsp3) is 0.917. The van der Waals surface area contributed by atoms with Crippen LogP contribution in [0.1, 0.15) is 64.2 Å². The summed E-state index contributed by atoms with van der Waals surface area (Å²) in [5.74, 6) is -0.704. The molecular formula is C12H23NO2. The number of nitrogens with two attached hydrogens (primary N) is 1. The van der Waals surface area contributed by atoms with Crippen molar-refractivity contribution in [3.05, 3.63) is 0 Å². The van der Waals surface area contributed by atoms with E-state index < -0.39 is 5.97 Å². The van der Waals surface area contributed by atoms with Crippen LogP contribution in [0.25, 0.3) is 0 Å². The SMILES string of the molecule is NC1(CCCC(=O)O)CCCCCCC1. The van der Waals surface area contributed by atoms with Gasteiger partial charge < -0.3 is 10.8 Å². The van der Waals surface area contributed by atoms with Crippen molar-refractivity contribution in [2.75, 3.05) is 0 Å². The van der Waals surface area contributed by atoms with Crippen molar-refractivity contribution in [2.24, 2.45) is 5.73 Å². The molecule has 0 saturated heterocycles. The van der Waals surface area contributed by atoms with E-state index in [4.69, 9.17) is 10.8 Å². The Bertz CT molecular complexity index is 196. The molecule has 0 unspecified atom stereocenters. The smallest absolute Gasteiger partial charge is 0.303 e. The van der Waals surface area contributed by atoms with Gasteiger partial charge in [-0.05, 0) is 25.7 Å². The van der Waals surface area contributed by atoms with Gasteiger partial charge in [-0.1, -0.05) is 32.1 Å². The van der Waals surface area contributed by atoms with Crippen LogP contribution < -0.4 is 5.73 Å². The minimum atomic E-state index is -0.704. The predicted octanol–water partition coefficient (Wildman–Crippen LogP) is 2.68. The molecule has 0 atom stereocenters. The third kappa shape index (κ3) is 5.17. The third-order valence-electron chi connectivity index (χ3n) is 3.41. The molecule has 1 fully saturated rings. The standard InChI is InChI=1S/C12H23NO2/c13-12(10-6-7-11(14)15)8-4-2-1-3-5-9-12/h1-10,13H2,(H,14,15). The highest BCUT2D eigenvalue weighted by molar-refractivity contribution is 5.66. The Morgan fingerprint density at radius 1 is 1.13 bits per heavy atom. The van der Waals surface area contributed by atoms with Crippen LogP contribution in [0.2, 0.25) is 0 Å². The van der Waals surface area contributed by atoms with Crippen molar-refractivity contribution in [3.63, 3.8) is 0 Å². The molecule has 0 amide bonds. The lowest BCUT2D eigenvalue weighted by Gasteiger charge is -2.31. The van der Waals surface area contributed by atoms with Crippen molar-refractivity contribution in [2.45, 2.75) is 69.7 Å². The Morgan fingerprint density at radius 2 is 1.67 bits per heavy atom. The van der Waals surface area contributed by atoms with Crippen LogP contribution in [-0.2, 0) is 4.79 Å². The third-order valence-corrected chi connectivity index (χ3v) is 3.41. The van der Waals surface area contributed by atoms with Gasteiger partial charge in [-0.3, -0.25) is 4.79 Å². The molecule has 1 aliphatic carbocycles. The van der Waals surface area contributed by atoms with Crippen LogP contribution in [0.4, 0.5) is 0 Å². The number of carboxylic acids is 1. The molecule has 0 aromatic carbocycles. The van der Waals surface area contributed by atoms with E-state index in [1.165, 1.54) is 32.1 Å². The van der Waals surface area contributed by atoms with Crippen LogP contribution in [0.5, 0.6) is 0 Å². The molecule has 0 aromatic rings. The molecule has 3 heteroatoms. The zero-order chi connectivity index (χ0) is 11.1. The summed E-state index contributed by atoms with van der Waals surface area (Å²) in [4.78, 5) is 10.4. The fourth-order valence-electron chi connectivity index (χ4n) is 2.45. The number of hydrogen-bond donors (Lipinski definition) is 2. The van der Waals surface area contributed by atoms with Gasteiger partial charge in [-0.2, -0.15) is 0 Å². The van der Waals surface area contributed by atoms with E-state index in [1.807, 2.05) is 0 Å². The molecule has 0 radical (unpaired) electrons. The second-order valence-corrected chi connectivity index (χ2v) is 4.88. The lowest BCUT2D eigenvalue weighted by Crippen LogP contribution is -2.40. The van der Waals surface area contributed by atoms with Gasteiger partial charge in [0.05, 0.1) is 0 Å². The minimum Gasteiger partial charge on any atom is -0.481 e. The summed E-state index contributed by atoms with van der Waals surface area (Å²) in [6.07, 6.45) is 10.4. The summed E-state index contributed by atoms with van der Waals surface area (Å²) in [5.41, 5.74) is 6.25. The normalized spacial score (nSPS) is 21.7. The van der Waals surface area contributed by atoms with E-state index in [0.29, 0.717) is 0 Å². The molecule has 3 nitrogen and oxygen atoms in total. The second-order valence-electron chi connectivity index (χ2n) is 4.88. The van der Waals surface area contributed by atoms with Gasteiger partial charge >= 0.3 is 5.97 Å². The van der Waals surface area contributed by atoms with E-state index in [0.717, 1.165) is 25.7 Å². The van der Waals surface area contributed by atoms with E-state index in [2.05, 4.69) is 0 Å². The quantitative estimate of drug-likeness (QED) is 0.754. The molecule has 1 aliphatic rings. The molecular weight excluding hydrogens is 190 g/mol. The maximum atomic E-state index is 10.4. The van der Waals surface area contributed by atoms with Gasteiger partial charge in [-0.25, -0.2) is 0 Å². The average Bonchev–Trinajstić information content (AvgIpc) is 2.12. The van der Waals surface area contributed by atoms with Gasteiger partial charge in [0.15, 0.2) is 0 Å². The van der Waals surface area contributed by atoms with E-state index in [-0.39, 0.29) is 12.0 Å². The number of aliphatic carboxylic acids is 1. The number of rotatable bonds is 4. The zero-order valence-electron chi connectivity index (χ0n) is 9.50. The molecule has 0 aromatic heterocycles. The molecule has 0 bridgehead atoms. The number of carbonyl (C=O) groups is 1. The van der Waals surface area contributed by atoms with Crippen LogP contribution in [-0.4, -0.2) is 16.6 Å². The zero-order valence-corrected chi connectivity index (χ0v) is 9.50. The average molecular weight is 213 g/mol. The topological polar surface area (TPSA) is 63.3 Å². The largest absolute Gasteiger partial charge is 0.481 e. The Kier molecular flexibility index (Phi) is 5.09. The van der Waals surface area contributed by atoms with Gasteiger partial charge in [0.1, 0.15) is 0 Å². The van der Waals surface area contributed by atoms with Crippen molar-refractivity contribution >= 4 is 5.97 Å². The van der Waals surface area contributed by atoms with Gasteiger partial charge in [0.2, 0.25) is 0 Å².